The van der Waals surface area contributed by atoms with Gasteiger partial charge in [-0.2, -0.15) is 10.4 Å². The number of nitriles is 1. The van der Waals surface area contributed by atoms with Gasteiger partial charge >= 0.3 is 0 Å². The van der Waals surface area contributed by atoms with E-state index in [2.05, 4.69) is 16.2 Å². The normalized spacial score (nSPS) is 12.0. The molecule has 3 rings (SSSR count). The maximum atomic E-state index is 11.9. The number of aryl methyl sites for hydroxylation is 1. The van der Waals surface area contributed by atoms with Crippen molar-refractivity contribution in [2.45, 2.75) is 5.92 Å². The minimum atomic E-state index is -0.737. The Balaban J connectivity index is 2.16. The smallest absolute Gasteiger partial charge is 0.266 e. The van der Waals surface area contributed by atoms with Crippen LogP contribution in [0.2, 0.25) is 5.02 Å². The van der Waals surface area contributed by atoms with Crippen LogP contribution >= 0.6 is 11.6 Å². The van der Waals surface area contributed by atoms with E-state index in [1.165, 1.54) is 13.2 Å². The average molecular weight is 311 g/mol. The van der Waals surface area contributed by atoms with E-state index in [0.717, 1.165) is 15.6 Å². The third-order valence-corrected chi connectivity index (χ3v) is 3.84. The Morgan fingerprint density at radius 2 is 2.05 bits per heavy atom. The first-order valence-electron chi connectivity index (χ1n) is 6.59. The Morgan fingerprint density at radius 1 is 1.27 bits per heavy atom. The highest BCUT2D eigenvalue weighted by Crippen LogP contribution is 2.27. The summed E-state index contributed by atoms with van der Waals surface area (Å²) in [6.07, 6.45) is 1.44. The summed E-state index contributed by atoms with van der Waals surface area (Å²) in [5.74, 6) is -0.737. The number of benzene rings is 1. The van der Waals surface area contributed by atoms with E-state index in [0.29, 0.717) is 11.3 Å². The molecule has 0 spiro atoms. The molecule has 3 aromatic rings. The van der Waals surface area contributed by atoms with Crippen molar-refractivity contribution in [3.05, 3.63) is 69.2 Å². The van der Waals surface area contributed by atoms with Gasteiger partial charge in [-0.15, -0.1) is 0 Å². The molecule has 6 heteroatoms. The SMILES string of the molecule is Cn1ncc(C(C#N)c2ccc3ccccc3n2)c(Cl)c1=O. The molecule has 5 nitrogen and oxygen atoms in total. The molecule has 22 heavy (non-hydrogen) atoms. The lowest BCUT2D eigenvalue weighted by Gasteiger charge is -2.11. The van der Waals surface area contributed by atoms with Gasteiger partial charge in [0.2, 0.25) is 0 Å². The van der Waals surface area contributed by atoms with Crippen LogP contribution in [0.15, 0.2) is 47.4 Å². The second-order valence-corrected chi connectivity index (χ2v) is 5.21. The van der Waals surface area contributed by atoms with Crippen molar-refractivity contribution in [3.63, 3.8) is 0 Å². The molecule has 1 unspecified atom stereocenters. The summed E-state index contributed by atoms with van der Waals surface area (Å²) in [5, 5.41) is 14.4. The van der Waals surface area contributed by atoms with Gasteiger partial charge in [0.25, 0.3) is 5.56 Å². The van der Waals surface area contributed by atoms with Crippen LogP contribution in [0.5, 0.6) is 0 Å². The number of fused-ring (bicyclic) bond motifs is 1. The average Bonchev–Trinajstić information content (AvgIpc) is 2.55. The van der Waals surface area contributed by atoms with Crippen molar-refractivity contribution in [3.8, 4) is 6.07 Å². The van der Waals surface area contributed by atoms with Gasteiger partial charge in [0.1, 0.15) is 10.9 Å². The summed E-state index contributed by atoms with van der Waals surface area (Å²) >= 11 is 6.09. The first-order chi connectivity index (χ1) is 10.6. The molecule has 0 radical (unpaired) electrons. The maximum absolute atomic E-state index is 11.9. The third-order valence-electron chi connectivity index (χ3n) is 3.46. The molecule has 0 aliphatic carbocycles. The van der Waals surface area contributed by atoms with Crippen molar-refractivity contribution in [2.75, 3.05) is 0 Å². The van der Waals surface area contributed by atoms with Gasteiger partial charge in [-0.25, -0.2) is 4.68 Å². The maximum Gasteiger partial charge on any atom is 0.285 e. The topological polar surface area (TPSA) is 71.6 Å². The number of hydrogen-bond donors (Lipinski definition) is 0. The van der Waals surface area contributed by atoms with Gasteiger partial charge in [0.15, 0.2) is 0 Å². The quantitative estimate of drug-likeness (QED) is 0.729. The fourth-order valence-electron chi connectivity index (χ4n) is 2.26. The van der Waals surface area contributed by atoms with Gasteiger partial charge in [-0.3, -0.25) is 9.78 Å². The van der Waals surface area contributed by atoms with Crippen molar-refractivity contribution >= 4 is 22.5 Å². The molecule has 2 heterocycles. The summed E-state index contributed by atoms with van der Waals surface area (Å²) in [5.41, 5.74) is 1.27. The van der Waals surface area contributed by atoms with Crippen LogP contribution in [0.25, 0.3) is 10.9 Å². The molecular formula is C16H11ClN4O. The van der Waals surface area contributed by atoms with E-state index in [9.17, 15) is 10.1 Å². The Kier molecular flexibility index (Phi) is 3.61. The van der Waals surface area contributed by atoms with Crippen LogP contribution in [0.1, 0.15) is 17.2 Å². The number of para-hydroxylation sites is 1. The van der Waals surface area contributed by atoms with Crippen LogP contribution in [0.3, 0.4) is 0 Å². The second-order valence-electron chi connectivity index (χ2n) is 4.83. The molecule has 0 aliphatic rings. The van der Waals surface area contributed by atoms with E-state index in [1.807, 2.05) is 30.3 Å². The molecule has 0 bridgehead atoms. The molecule has 108 valence electrons. The summed E-state index contributed by atoms with van der Waals surface area (Å²) < 4.78 is 1.13. The summed E-state index contributed by atoms with van der Waals surface area (Å²) in [7, 11) is 1.51. The Morgan fingerprint density at radius 3 is 2.82 bits per heavy atom. The Labute approximate surface area is 131 Å². The van der Waals surface area contributed by atoms with Gasteiger partial charge in [0, 0.05) is 18.0 Å². The Hall–Kier alpha value is -2.71. The number of aromatic nitrogens is 3. The number of rotatable bonds is 2. The minimum Gasteiger partial charge on any atom is -0.266 e. The molecule has 2 aromatic heterocycles. The van der Waals surface area contributed by atoms with E-state index in [4.69, 9.17) is 11.6 Å². The molecule has 0 saturated carbocycles. The predicted octanol–water partition coefficient (Wildman–Crippen LogP) is 2.64. The second kappa shape index (κ2) is 5.58. The Bertz CT molecular complexity index is 958. The lowest BCUT2D eigenvalue weighted by atomic mass is 9.98. The standard InChI is InChI=1S/C16H11ClN4O/c1-21-16(22)15(17)12(9-19-21)11(8-18)14-7-6-10-4-2-3-5-13(10)20-14/h2-7,9,11H,1H3. The molecule has 0 saturated heterocycles. The highest BCUT2D eigenvalue weighted by molar-refractivity contribution is 6.31. The van der Waals surface area contributed by atoms with E-state index < -0.39 is 11.5 Å². The summed E-state index contributed by atoms with van der Waals surface area (Å²) in [6.45, 7) is 0. The van der Waals surface area contributed by atoms with Gasteiger partial charge in [0.05, 0.1) is 23.5 Å². The van der Waals surface area contributed by atoms with Gasteiger partial charge in [-0.05, 0) is 12.1 Å². The molecule has 1 atom stereocenters. The minimum absolute atomic E-state index is 0.000918. The van der Waals surface area contributed by atoms with Crippen LogP contribution < -0.4 is 5.56 Å². The summed E-state index contributed by atoms with van der Waals surface area (Å²) in [6, 6.07) is 13.4. The van der Waals surface area contributed by atoms with Crippen molar-refractivity contribution < 1.29 is 0 Å². The van der Waals surface area contributed by atoms with Crippen LogP contribution in [-0.4, -0.2) is 14.8 Å². The molecule has 1 aromatic carbocycles. The van der Waals surface area contributed by atoms with E-state index in [1.54, 1.807) is 6.07 Å². The number of hydrogen-bond acceptors (Lipinski definition) is 4. The van der Waals surface area contributed by atoms with E-state index in [-0.39, 0.29) is 5.02 Å². The van der Waals surface area contributed by atoms with Gasteiger partial charge < -0.3 is 0 Å². The lowest BCUT2D eigenvalue weighted by molar-refractivity contribution is 0.697. The number of nitrogens with zero attached hydrogens (tertiary/aromatic N) is 4. The number of halogens is 1. The zero-order valence-electron chi connectivity index (χ0n) is 11.7. The lowest BCUT2D eigenvalue weighted by Crippen LogP contribution is -2.22. The van der Waals surface area contributed by atoms with Crippen molar-refractivity contribution in [2.24, 2.45) is 7.05 Å². The molecular weight excluding hydrogens is 300 g/mol. The first-order valence-corrected chi connectivity index (χ1v) is 6.96. The summed E-state index contributed by atoms with van der Waals surface area (Å²) in [4.78, 5) is 16.4. The fraction of sp³-hybridized carbons (Fsp3) is 0.125. The zero-order valence-corrected chi connectivity index (χ0v) is 12.4. The monoisotopic (exact) mass is 310 g/mol. The third kappa shape index (κ3) is 2.34. The molecule has 0 amide bonds. The fourth-order valence-corrected chi connectivity index (χ4v) is 2.54. The largest absolute Gasteiger partial charge is 0.285 e. The highest BCUT2D eigenvalue weighted by atomic mass is 35.5. The van der Waals surface area contributed by atoms with Crippen LogP contribution in [-0.2, 0) is 7.05 Å². The van der Waals surface area contributed by atoms with Crippen LogP contribution in [0.4, 0.5) is 0 Å². The van der Waals surface area contributed by atoms with Gasteiger partial charge in [-0.1, -0.05) is 35.9 Å². The molecule has 0 aliphatic heterocycles. The van der Waals surface area contributed by atoms with Crippen molar-refractivity contribution in [1.82, 2.24) is 14.8 Å². The number of pyridine rings is 1. The molecule has 0 fully saturated rings. The zero-order chi connectivity index (χ0) is 15.7. The molecule has 0 N–H and O–H groups in total. The predicted molar refractivity (Wildman–Crippen MR) is 83.7 cm³/mol. The van der Waals surface area contributed by atoms with E-state index >= 15 is 0 Å². The van der Waals surface area contributed by atoms with Crippen LogP contribution in [0, 0.1) is 11.3 Å². The first kappa shape index (κ1) is 14.2. The van der Waals surface area contributed by atoms with Crippen molar-refractivity contribution in [1.29, 1.82) is 5.26 Å². The highest BCUT2D eigenvalue weighted by Gasteiger charge is 2.21.